The van der Waals surface area contributed by atoms with Crippen molar-refractivity contribution in [3.8, 4) is 0 Å². The van der Waals surface area contributed by atoms with Gasteiger partial charge >= 0.3 is 0 Å². The Morgan fingerprint density at radius 2 is 1.80 bits per heavy atom. The topological polar surface area (TPSA) is 0 Å². The van der Waals surface area contributed by atoms with Gasteiger partial charge in [-0.05, 0) is 18.4 Å². The summed E-state index contributed by atoms with van der Waals surface area (Å²) in [6.45, 7) is 4.56. The van der Waals surface area contributed by atoms with Crippen molar-refractivity contribution in [3.63, 3.8) is 0 Å². The molecule has 1 aromatic carbocycles. The lowest BCUT2D eigenvalue weighted by Gasteiger charge is -2.31. The lowest BCUT2D eigenvalue weighted by molar-refractivity contribution is 0.413. The van der Waals surface area contributed by atoms with Crippen molar-refractivity contribution in [1.82, 2.24) is 0 Å². The van der Waals surface area contributed by atoms with Crippen molar-refractivity contribution in [2.75, 3.05) is 5.33 Å². The van der Waals surface area contributed by atoms with Crippen LogP contribution in [0.25, 0.3) is 0 Å². The third kappa shape index (κ3) is 3.07. The highest BCUT2D eigenvalue weighted by atomic mass is 79.9. The van der Waals surface area contributed by atoms with E-state index in [-0.39, 0.29) is 0 Å². The fraction of sp³-hybridized carbons (Fsp3) is 0.571. The first-order chi connectivity index (χ1) is 7.29. The fourth-order valence-electron chi connectivity index (χ4n) is 2.07. The molecule has 0 heterocycles. The third-order valence-electron chi connectivity index (χ3n) is 3.33. The molecule has 0 aliphatic rings. The van der Waals surface area contributed by atoms with E-state index in [0.717, 1.165) is 5.33 Å². The Bertz CT molecular complexity index is 262. The largest absolute Gasteiger partial charge is 0.0918 e. The minimum Gasteiger partial charge on any atom is -0.0918 e. The van der Waals surface area contributed by atoms with E-state index in [1.54, 1.807) is 0 Å². The number of halogens is 1. The molecule has 1 atom stereocenters. The van der Waals surface area contributed by atoms with Crippen molar-refractivity contribution in [1.29, 1.82) is 0 Å². The average molecular weight is 269 g/mol. The van der Waals surface area contributed by atoms with Crippen LogP contribution in [-0.4, -0.2) is 5.33 Å². The second-order valence-electron chi connectivity index (χ2n) is 4.24. The molecule has 0 nitrogen and oxygen atoms in total. The molecular weight excluding hydrogens is 248 g/mol. The van der Waals surface area contributed by atoms with Crippen LogP contribution in [0, 0.1) is 0 Å². The summed E-state index contributed by atoms with van der Waals surface area (Å²) in [5.41, 5.74) is 1.83. The van der Waals surface area contributed by atoms with Gasteiger partial charge in [-0.25, -0.2) is 0 Å². The van der Waals surface area contributed by atoms with E-state index in [1.165, 1.54) is 31.2 Å². The van der Waals surface area contributed by atoms with Crippen molar-refractivity contribution >= 4 is 15.9 Å². The number of unbranched alkanes of at least 4 members (excludes halogenated alkanes) is 1. The number of alkyl halides is 1. The molecular formula is C14H21Br. The smallest absolute Gasteiger partial charge is 0.0128 e. The minimum atomic E-state index is 0.345. The zero-order chi connectivity index (χ0) is 11.1. The molecule has 1 rings (SSSR count). The van der Waals surface area contributed by atoms with Gasteiger partial charge in [0, 0.05) is 10.7 Å². The summed E-state index contributed by atoms with van der Waals surface area (Å²) in [4.78, 5) is 0. The normalized spacial score (nSPS) is 14.9. The molecule has 0 aliphatic heterocycles. The number of hydrogen-bond acceptors (Lipinski definition) is 0. The predicted molar refractivity (Wildman–Crippen MR) is 71.7 cm³/mol. The van der Waals surface area contributed by atoms with Gasteiger partial charge in [0.15, 0.2) is 0 Å². The Hall–Kier alpha value is -0.300. The van der Waals surface area contributed by atoms with Crippen LogP contribution in [0.1, 0.15) is 45.1 Å². The van der Waals surface area contributed by atoms with Gasteiger partial charge in [-0.1, -0.05) is 73.0 Å². The molecule has 0 N–H and O–H groups in total. The Labute approximate surface area is 102 Å². The van der Waals surface area contributed by atoms with Gasteiger partial charge in [-0.2, -0.15) is 0 Å². The standard InChI is InChI=1S/C14H21Br/c1-3-5-11-14(4-2,12-15)13-9-7-6-8-10-13/h6-10H,3-5,11-12H2,1-2H3. The van der Waals surface area contributed by atoms with Crippen LogP contribution < -0.4 is 0 Å². The molecule has 1 aromatic rings. The lowest BCUT2D eigenvalue weighted by atomic mass is 9.76. The predicted octanol–water partition coefficient (Wildman–Crippen LogP) is 4.92. The molecule has 84 valence electrons. The monoisotopic (exact) mass is 268 g/mol. The van der Waals surface area contributed by atoms with Crippen molar-refractivity contribution in [3.05, 3.63) is 35.9 Å². The highest BCUT2D eigenvalue weighted by Gasteiger charge is 2.27. The van der Waals surface area contributed by atoms with E-state index in [1.807, 2.05) is 0 Å². The maximum absolute atomic E-state index is 3.70. The van der Waals surface area contributed by atoms with Gasteiger partial charge in [0.25, 0.3) is 0 Å². The van der Waals surface area contributed by atoms with Crippen LogP contribution >= 0.6 is 15.9 Å². The number of benzene rings is 1. The summed E-state index contributed by atoms with van der Waals surface area (Å²) >= 11 is 3.70. The molecule has 0 amide bonds. The molecule has 0 fully saturated rings. The lowest BCUT2D eigenvalue weighted by Crippen LogP contribution is -2.27. The summed E-state index contributed by atoms with van der Waals surface area (Å²) in [6, 6.07) is 10.9. The maximum Gasteiger partial charge on any atom is 0.0128 e. The first-order valence-corrected chi connectivity index (χ1v) is 7.02. The number of hydrogen-bond donors (Lipinski definition) is 0. The highest BCUT2D eigenvalue weighted by Crippen LogP contribution is 2.35. The molecule has 0 saturated carbocycles. The van der Waals surface area contributed by atoms with Gasteiger partial charge in [-0.15, -0.1) is 0 Å². The highest BCUT2D eigenvalue weighted by molar-refractivity contribution is 9.09. The third-order valence-corrected chi connectivity index (χ3v) is 4.40. The molecule has 0 aliphatic carbocycles. The van der Waals surface area contributed by atoms with Crippen LogP contribution in [0.15, 0.2) is 30.3 Å². The number of rotatable bonds is 6. The van der Waals surface area contributed by atoms with Gasteiger partial charge in [0.1, 0.15) is 0 Å². The summed E-state index contributed by atoms with van der Waals surface area (Å²) in [7, 11) is 0. The molecule has 15 heavy (non-hydrogen) atoms. The summed E-state index contributed by atoms with van der Waals surface area (Å²) in [5.74, 6) is 0. The van der Waals surface area contributed by atoms with Gasteiger partial charge in [0.2, 0.25) is 0 Å². The van der Waals surface area contributed by atoms with Gasteiger partial charge in [-0.3, -0.25) is 0 Å². The zero-order valence-electron chi connectivity index (χ0n) is 9.80. The van der Waals surface area contributed by atoms with E-state index in [0.29, 0.717) is 5.41 Å². The second-order valence-corrected chi connectivity index (χ2v) is 4.80. The Kier molecular flexibility index (Phi) is 5.38. The summed E-state index contributed by atoms with van der Waals surface area (Å²) in [5, 5.41) is 1.07. The molecule has 0 radical (unpaired) electrons. The Balaban J connectivity index is 2.89. The van der Waals surface area contributed by atoms with Crippen molar-refractivity contribution < 1.29 is 0 Å². The molecule has 0 bridgehead atoms. The molecule has 1 heteroatoms. The van der Waals surface area contributed by atoms with Gasteiger partial charge < -0.3 is 0 Å². The maximum atomic E-state index is 3.70. The molecule has 0 spiro atoms. The van der Waals surface area contributed by atoms with Crippen molar-refractivity contribution in [2.24, 2.45) is 0 Å². The SMILES string of the molecule is CCCCC(CC)(CBr)c1ccccc1. The molecule has 0 saturated heterocycles. The van der Waals surface area contributed by atoms with Crippen LogP contribution in [0.4, 0.5) is 0 Å². The first-order valence-electron chi connectivity index (χ1n) is 5.90. The van der Waals surface area contributed by atoms with E-state index < -0.39 is 0 Å². The molecule has 0 aromatic heterocycles. The van der Waals surface area contributed by atoms with Crippen LogP contribution in [0.3, 0.4) is 0 Å². The van der Waals surface area contributed by atoms with Crippen LogP contribution in [0.2, 0.25) is 0 Å². The van der Waals surface area contributed by atoms with E-state index >= 15 is 0 Å². The quantitative estimate of drug-likeness (QED) is 0.643. The summed E-state index contributed by atoms with van der Waals surface area (Å²) in [6.07, 6.45) is 5.09. The average Bonchev–Trinajstić information content (AvgIpc) is 2.33. The molecule has 1 unspecified atom stereocenters. The van der Waals surface area contributed by atoms with Crippen LogP contribution in [-0.2, 0) is 5.41 Å². The summed E-state index contributed by atoms with van der Waals surface area (Å²) < 4.78 is 0. The van der Waals surface area contributed by atoms with E-state index in [2.05, 4.69) is 60.1 Å². The first kappa shape index (κ1) is 12.8. The van der Waals surface area contributed by atoms with Crippen LogP contribution in [0.5, 0.6) is 0 Å². The van der Waals surface area contributed by atoms with E-state index in [4.69, 9.17) is 0 Å². The van der Waals surface area contributed by atoms with Gasteiger partial charge in [0.05, 0.1) is 0 Å². The Morgan fingerprint density at radius 3 is 2.27 bits per heavy atom. The fourth-order valence-corrected chi connectivity index (χ4v) is 3.07. The minimum absolute atomic E-state index is 0.345. The Morgan fingerprint density at radius 1 is 1.13 bits per heavy atom. The zero-order valence-corrected chi connectivity index (χ0v) is 11.4. The van der Waals surface area contributed by atoms with Crippen molar-refractivity contribution in [2.45, 2.75) is 44.9 Å². The van der Waals surface area contributed by atoms with E-state index in [9.17, 15) is 0 Å². The second kappa shape index (κ2) is 6.32.